The number of carbonyl (C=O) groups is 3. The fraction of sp³-hybridized carbons (Fsp3) is 0.229. The van der Waals surface area contributed by atoms with E-state index in [0.29, 0.717) is 61.7 Å². The summed E-state index contributed by atoms with van der Waals surface area (Å²) in [5.74, 6) is -1.09. The van der Waals surface area contributed by atoms with Crippen molar-refractivity contribution in [3.63, 3.8) is 0 Å². The van der Waals surface area contributed by atoms with Crippen molar-refractivity contribution in [3.05, 3.63) is 130 Å². The smallest absolute Gasteiger partial charge is 0.257 e. The number of aryl methyl sites for hydroxylation is 1. The molecular formula is C35H37ClN4O4. The summed E-state index contributed by atoms with van der Waals surface area (Å²) in [5, 5.41) is 6.10. The number of nitrogens with one attached hydrogen (secondary N) is 2. The molecule has 2 aromatic carbocycles. The van der Waals surface area contributed by atoms with Crippen LogP contribution in [0.4, 0.5) is 5.69 Å². The molecule has 44 heavy (non-hydrogen) atoms. The van der Waals surface area contributed by atoms with Gasteiger partial charge in [0.15, 0.2) is 0 Å². The number of hydrogen-bond donors (Lipinski definition) is 3. The summed E-state index contributed by atoms with van der Waals surface area (Å²) < 4.78 is 4.97. The van der Waals surface area contributed by atoms with E-state index in [1.807, 2.05) is 36.4 Å². The molecule has 228 valence electrons. The molecule has 3 amide bonds. The Morgan fingerprint density at radius 3 is 2.57 bits per heavy atom. The summed E-state index contributed by atoms with van der Waals surface area (Å²) in [6, 6.07) is 12.6. The summed E-state index contributed by atoms with van der Waals surface area (Å²) >= 11 is 6.26. The van der Waals surface area contributed by atoms with Crippen LogP contribution in [0.1, 0.15) is 40.7 Å². The lowest BCUT2D eigenvalue weighted by Gasteiger charge is -2.36. The van der Waals surface area contributed by atoms with Crippen molar-refractivity contribution in [1.29, 1.82) is 0 Å². The van der Waals surface area contributed by atoms with Gasteiger partial charge in [0.2, 0.25) is 11.8 Å². The Labute approximate surface area is 263 Å². The lowest BCUT2D eigenvalue weighted by molar-refractivity contribution is -0.116. The average Bonchev–Trinajstić information content (AvgIpc) is 3.02. The number of ether oxygens (including phenoxy) is 1. The lowest BCUT2D eigenvalue weighted by Crippen LogP contribution is -2.28. The van der Waals surface area contributed by atoms with Crippen molar-refractivity contribution in [3.8, 4) is 0 Å². The Balaban J connectivity index is 1.70. The highest BCUT2D eigenvalue weighted by molar-refractivity contribution is 6.34. The second kappa shape index (κ2) is 15.2. The molecule has 0 aliphatic heterocycles. The lowest BCUT2D eigenvalue weighted by atomic mass is 9.84. The highest BCUT2D eigenvalue weighted by Gasteiger charge is 2.29. The summed E-state index contributed by atoms with van der Waals surface area (Å²) in [6.07, 6.45) is 11.8. The van der Waals surface area contributed by atoms with Crippen LogP contribution >= 0.6 is 11.6 Å². The van der Waals surface area contributed by atoms with Crippen LogP contribution < -0.4 is 16.4 Å². The van der Waals surface area contributed by atoms with Crippen molar-refractivity contribution in [1.82, 2.24) is 10.2 Å². The Kier molecular flexibility index (Phi) is 11.1. The molecule has 0 aromatic heterocycles. The van der Waals surface area contributed by atoms with E-state index in [4.69, 9.17) is 22.1 Å². The minimum absolute atomic E-state index is 0.179. The van der Waals surface area contributed by atoms with Crippen molar-refractivity contribution >= 4 is 40.7 Å². The molecule has 0 saturated heterocycles. The number of hydrogen-bond acceptors (Lipinski definition) is 5. The Morgan fingerprint density at radius 1 is 1.09 bits per heavy atom. The molecule has 0 unspecified atom stereocenters. The highest BCUT2D eigenvalue weighted by atomic mass is 35.5. The van der Waals surface area contributed by atoms with E-state index >= 15 is 0 Å². The van der Waals surface area contributed by atoms with Gasteiger partial charge in [-0.3, -0.25) is 14.4 Å². The fourth-order valence-electron chi connectivity index (χ4n) is 5.23. The van der Waals surface area contributed by atoms with Gasteiger partial charge >= 0.3 is 0 Å². The molecule has 0 saturated carbocycles. The Hall–Kier alpha value is -4.66. The van der Waals surface area contributed by atoms with Crippen molar-refractivity contribution < 1.29 is 19.1 Å². The number of benzene rings is 2. The summed E-state index contributed by atoms with van der Waals surface area (Å²) in [4.78, 5) is 39.7. The largest absolute Gasteiger partial charge is 0.383 e. The number of primary amides is 1. The fourth-order valence-corrected chi connectivity index (χ4v) is 5.45. The van der Waals surface area contributed by atoms with E-state index in [-0.39, 0.29) is 17.4 Å². The van der Waals surface area contributed by atoms with Crippen LogP contribution in [0.25, 0.3) is 5.70 Å². The standard InChI is InChI=1S/C35H37ClN4O4/c1-4-20-40(27-15-9-24(10-16-27)11-18-32(41)38-19-21-44-3)33-28(23(2)34(37)42)17-13-25-12-14-26(22-30(25)33)39-35(43)29-7-5-6-8-31(29)36/h4-9,11-12,14-15,18,22H,1-2,10,13,16-17,19-21H2,3H3,(H2,37,42)(H,38,41)(H,39,43)/b18-11+. The predicted octanol–water partition coefficient (Wildman–Crippen LogP) is 5.70. The maximum atomic E-state index is 13.1. The van der Waals surface area contributed by atoms with Crippen LogP contribution in [0.5, 0.6) is 0 Å². The molecule has 2 aliphatic carbocycles. The van der Waals surface area contributed by atoms with Crippen LogP contribution in [0.2, 0.25) is 5.02 Å². The van der Waals surface area contributed by atoms with Crippen LogP contribution in [-0.2, 0) is 20.7 Å². The number of rotatable bonds is 13. The van der Waals surface area contributed by atoms with Gasteiger partial charge in [-0.2, -0.15) is 0 Å². The molecule has 2 aromatic rings. The molecule has 0 bridgehead atoms. The van der Waals surface area contributed by atoms with Gasteiger partial charge in [0.1, 0.15) is 0 Å². The van der Waals surface area contributed by atoms with E-state index in [2.05, 4.69) is 28.7 Å². The molecule has 4 rings (SSSR count). The molecule has 0 atom stereocenters. The maximum Gasteiger partial charge on any atom is 0.257 e. The highest BCUT2D eigenvalue weighted by Crippen LogP contribution is 2.41. The van der Waals surface area contributed by atoms with E-state index in [1.54, 1.807) is 37.5 Å². The van der Waals surface area contributed by atoms with Crippen LogP contribution in [0, 0.1) is 0 Å². The van der Waals surface area contributed by atoms with E-state index in [1.165, 1.54) is 6.08 Å². The summed E-state index contributed by atoms with van der Waals surface area (Å²) in [7, 11) is 1.59. The Morgan fingerprint density at radius 2 is 1.89 bits per heavy atom. The third-order valence-electron chi connectivity index (χ3n) is 7.48. The molecule has 0 radical (unpaired) electrons. The summed E-state index contributed by atoms with van der Waals surface area (Å²) in [6.45, 7) is 9.38. The number of nitrogens with two attached hydrogens (primary N) is 1. The summed E-state index contributed by atoms with van der Waals surface area (Å²) in [5.41, 5.74) is 12.5. The number of allylic oxidation sites excluding steroid dienone is 5. The zero-order chi connectivity index (χ0) is 31.6. The van der Waals surface area contributed by atoms with Gasteiger partial charge in [0.05, 0.1) is 22.9 Å². The zero-order valence-corrected chi connectivity index (χ0v) is 25.6. The SMILES string of the molecule is C=CCN(C1=CC=C(/C=C/C(=O)NCCOC)CC1)C1=C(C(=C)C(N)=O)CCc2ccc(NC(=O)c3ccccc3Cl)cc21. The third kappa shape index (κ3) is 7.83. The number of methoxy groups -OCH3 is 1. The molecule has 2 aliphatic rings. The molecule has 9 heteroatoms. The minimum atomic E-state index is -0.587. The number of anilines is 1. The first-order chi connectivity index (χ1) is 21.2. The van der Waals surface area contributed by atoms with Gasteiger partial charge in [0.25, 0.3) is 5.91 Å². The second-order valence-corrected chi connectivity index (χ2v) is 10.8. The van der Waals surface area contributed by atoms with Crippen molar-refractivity contribution in [2.45, 2.75) is 25.7 Å². The number of carbonyl (C=O) groups excluding carboxylic acids is 3. The number of amides is 3. The second-order valence-electron chi connectivity index (χ2n) is 10.4. The number of halogens is 1. The average molecular weight is 613 g/mol. The van der Waals surface area contributed by atoms with Gasteiger partial charge < -0.3 is 26.0 Å². The van der Waals surface area contributed by atoms with Gasteiger partial charge in [-0.15, -0.1) is 6.58 Å². The van der Waals surface area contributed by atoms with Crippen LogP contribution in [-0.4, -0.2) is 49.4 Å². The first-order valence-corrected chi connectivity index (χ1v) is 14.8. The third-order valence-corrected chi connectivity index (χ3v) is 7.80. The molecule has 0 heterocycles. The first-order valence-electron chi connectivity index (χ1n) is 14.4. The van der Waals surface area contributed by atoms with E-state index in [0.717, 1.165) is 33.7 Å². The number of nitrogens with zero attached hydrogens (tertiary/aromatic N) is 1. The topological polar surface area (TPSA) is 114 Å². The van der Waals surface area contributed by atoms with Gasteiger partial charge in [0, 0.05) is 48.8 Å². The number of fused-ring (bicyclic) bond motifs is 1. The van der Waals surface area contributed by atoms with Crippen LogP contribution in [0.15, 0.2) is 108 Å². The quantitative estimate of drug-likeness (QED) is 0.153. The predicted molar refractivity (Wildman–Crippen MR) is 176 cm³/mol. The monoisotopic (exact) mass is 612 g/mol. The van der Waals surface area contributed by atoms with E-state index in [9.17, 15) is 14.4 Å². The van der Waals surface area contributed by atoms with Gasteiger partial charge in [-0.25, -0.2) is 0 Å². The van der Waals surface area contributed by atoms with Crippen molar-refractivity contribution in [2.75, 3.05) is 32.1 Å². The van der Waals surface area contributed by atoms with Crippen molar-refractivity contribution in [2.24, 2.45) is 5.73 Å². The molecule has 0 spiro atoms. The molecule has 0 fully saturated rings. The molecular weight excluding hydrogens is 576 g/mol. The molecule has 8 nitrogen and oxygen atoms in total. The maximum absolute atomic E-state index is 13.1. The molecule has 4 N–H and O–H groups in total. The van der Waals surface area contributed by atoms with E-state index < -0.39 is 5.91 Å². The normalized spacial score (nSPS) is 14.3. The zero-order valence-electron chi connectivity index (χ0n) is 24.8. The Bertz CT molecular complexity index is 1600. The van der Waals surface area contributed by atoms with Gasteiger partial charge in [-0.05, 0) is 72.7 Å². The van der Waals surface area contributed by atoms with Gasteiger partial charge in [-0.1, -0.05) is 54.6 Å². The van der Waals surface area contributed by atoms with Crippen LogP contribution in [0.3, 0.4) is 0 Å². The first kappa shape index (κ1) is 32.3. The minimum Gasteiger partial charge on any atom is -0.383 e.